The number of hydrogen-bond acceptors (Lipinski definition) is 4. The highest BCUT2D eigenvalue weighted by Crippen LogP contribution is 2.30. The van der Waals surface area contributed by atoms with Crippen LogP contribution in [0.4, 0.5) is 5.69 Å². The fourth-order valence-electron chi connectivity index (χ4n) is 2.64. The molecule has 0 aliphatic carbocycles. The summed E-state index contributed by atoms with van der Waals surface area (Å²) < 4.78 is 0. The van der Waals surface area contributed by atoms with Crippen molar-refractivity contribution in [2.75, 3.05) is 13.1 Å². The molecular formula is C14H16N4O2. The molecule has 20 heavy (non-hydrogen) atoms. The van der Waals surface area contributed by atoms with Crippen molar-refractivity contribution >= 4 is 5.69 Å². The van der Waals surface area contributed by atoms with E-state index in [1.807, 2.05) is 0 Å². The summed E-state index contributed by atoms with van der Waals surface area (Å²) in [5, 5.41) is 14.4. The maximum atomic E-state index is 11.1. The lowest BCUT2D eigenvalue weighted by atomic mass is 9.98. The van der Waals surface area contributed by atoms with E-state index in [1.54, 1.807) is 24.4 Å². The molecule has 0 atom stereocenters. The van der Waals surface area contributed by atoms with Gasteiger partial charge in [0, 0.05) is 12.0 Å². The van der Waals surface area contributed by atoms with Crippen LogP contribution >= 0.6 is 0 Å². The van der Waals surface area contributed by atoms with E-state index in [9.17, 15) is 10.1 Å². The van der Waals surface area contributed by atoms with Gasteiger partial charge in [-0.15, -0.1) is 0 Å². The van der Waals surface area contributed by atoms with E-state index < -0.39 is 0 Å². The molecule has 1 aliphatic heterocycles. The zero-order valence-corrected chi connectivity index (χ0v) is 11.0. The van der Waals surface area contributed by atoms with Gasteiger partial charge in [-0.25, -0.2) is 4.98 Å². The number of H-pyrrole nitrogens is 1. The molecule has 2 heterocycles. The van der Waals surface area contributed by atoms with Crippen molar-refractivity contribution in [1.29, 1.82) is 0 Å². The molecule has 0 spiro atoms. The van der Waals surface area contributed by atoms with Crippen LogP contribution in [0, 0.1) is 10.1 Å². The Morgan fingerprint density at radius 3 is 2.75 bits per heavy atom. The van der Waals surface area contributed by atoms with Gasteiger partial charge in [-0.2, -0.15) is 0 Å². The number of nitro groups is 1. The minimum absolute atomic E-state index is 0.105. The highest BCUT2D eigenvalue weighted by atomic mass is 16.6. The fourth-order valence-corrected chi connectivity index (χ4v) is 2.64. The number of piperidine rings is 1. The molecule has 2 N–H and O–H groups in total. The molecule has 1 aliphatic rings. The standard InChI is InChI=1S/C14H16N4O2/c19-18(20)13-4-2-1-3-11(13)12-9-16-14(17-12)10-5-7-15-8-6-10/h1-4,9-10,15H,5-8H2,(H,16,17). The highest BCUT2D eigenvalue weighted by molar-refractivity contribution is 5.70. The second-order valence-electron chi connectivity index (χ2n) is 4.98. The van der Waals surface area contributed by atoms with Crippen LogP contribution < -0.4 is 5.32 Å². The lowest BCUT2D eigenvalue weighted by molar-refractivity contribution is -0.384. The van der Waals surface area contributed by atoms with E-state index in [-0.39, 0.29) is 10.6 Å². The van der Waals surface area contributed by atoms with Crippen molar-refractivity contribution in [3.63, 3.8) is 0 Å². The molecule has 1 aromatic carbocycles. The lowest BCUT2D eigenvalue weighted by Gasteiger charge is -2.20. The van der Waals surface area contributed by atoms with Gasteiger partial charge in [0.2, 0.25) is 0 Å². The first-order chi connectivity index (χ1) is 9.75. The predicted molar refractivity (Wildman–Crippen MR) is 75.5 cm³/mol. The summed E-state index contributed by atoms with van der Waals surface area (Å²) in [5.74, 6) is 1.34. The molecule has 1 saturated heterocycles. The fraction of sp³-hybridized carbons (Fsp3) is 0.357. The van der Waals surface area contributed by atoms with E-state index >= 15 is 0 Å². The van der Waals surface area contributed by atoms with Crippen LogP contribution in [0.5, 0.6) is 0 Å². The summed E-state index contributed by atoms with van der Waals surface area (Å²) >= 11 is 0. The van der Waals surface area contributed by atoms with Crippen LogP contribution in [-0.2, 0) is 0 Å². The zero-order chi connectivity index (χ0) is 13.9. The van der Waals surface area contributed by atoms with Crippen LogP contribution in [0.3, 0.4) is 0 Å². The van der Waals surface area contributed by atoms with Gasteiger partial charge < -0.3 is 10.3 Å². The molecule has 0 saturated carbocycles. The molecule has 0 amide bonds. The van der Waals surface area contributed by atoms with Crippen molar-refractivity contribution < 1.29 is 4.92 Å². The summed E-state index contributed by atoms with van der Waals surface area (Å²) in [6.45, 7) is 1.98. The Balaban J connectivity index is 1.92. The van der Waals surface area contributed by atoms with E-state index in [0.717, 1.165) is 31.8 Å². The van der Waals surface area contributed by atoms with Crippen LogP contribution in [0.15, 0.2) is 30.5 Å². The molecule has 6 heteroatoms. The minimum atomic E-state index is -0.361. The average Bonchev–Trinajstić information content (AvgIpc) is 2.98. The Labute approximate surface area is 116 Å². The van der Waals surface area contributed by atoms with E-state index in [4.69, 9.17) is 0 Å². The number of para-hydroxylation sites is 1. The maximum absolute atomic E-state index is 11.1. The third-order valence-corrected chi connectivity index (χ3v) is 3.71. The zero-order valence-electron chi connectivity index (χ0n) is 11.0. The number of nitrogens with zero attached hydrogens (tertiary/aromatic N) is 2. The van der Waals surface area contributed by atoms with Crippen LogP contribution in [-0.4, -0.2) is 28.0 Å². The molecule has 104 valence electrons. The first-order valence-corrected chi connectivity index (χ1v) is 6.75. The van der Waals surface area contributed by atoms with Gasteiger partial charge >= 0.3 is 0 Å². The van der Waals surface area contributed by atoms with Crippen molar-refractivity contribution in [1.82, 2.24) is 15.3 Å². The number of hydrogen-bond donors (Lipinski definition) is 2. The summed E-state index contributed by atoms with van der Waals surface area (Å²) in [7, 11) is 0. The SMILES string of the molecule is O=[N+]([O-])c1ccccc1-c1cnc(C2CCNCC2)[nH]1. The van der Waals surface area contributed by atoms with Crippen LogP contribution in [0.1, 0.15) is 24.6 Å². The van der Waals surface area contributed by atoms with Gasteiger partial charge in [0.25, 0.3) is 5.69 Å². The molecule has 1 aromatic heterocycles. The highest BCUT2D eigenvalue weighted by Gasteiger charge is 2.20. The smallest absolute Gasteiger partial charge is 0.278 e. The Morgan fingerprint density at radius 1 is 1.25 bits per heavy atom. The summed E-state index contributed by atoms with van der Waals surface area (Å²) in [5.41, 5.74) is 1.41. The van der Waals surface area contributed by atoms with Gasteiger partial charge in [-0.3, -0.25) is 10.1 Å². The normalized spacial score (nSPS) is 16.2. The number of nitrogens with one attached hydrogen (secondary N) is 2. The second-order valence-corrected chi connectivity index (χ2v) is 4.98. The average molecular weight is 272 g/mol. The largest absolute Gasteiger partial charge is 0.342 e. The lowest BCUT2D eigenvalue weighted by Crippen LogP contribution is -2.27. The Hall–Kier alpha value is -2.21. The molecule has 0 bridgehead atoms. The van der Waals surface area contributed by atoms with Gasteiger partial charge in [-0.05, 0) is 32.0 Å². The van der Waals surface area contributed by atoms with Crippen molar-refractivity contribution in [2.45, 2.75) is 18.8 Å². The topological polar surface area (TPSA) is 83.8 Å². The number of aromatic nitrogens is 2. The number of rotatable bonds is 3. The Kier molecular flexibility index (Phi) is 3.47. The van der Waals surface area contributed by atoms with E-state index in [1.165, 1.54) is 6.07 Å². The molecule has 3 rings (SSSR count). The van der Waals surface area contributed by atoms with E-state index in [2.05, 4.69) is 15.3 Å². The monoisotopic (exact) mass is 272 g/mol. The molecule has 6 nitrogen and oxygen atoms in total. The van der Waals surface area contributed by atoms with Crippen LogP contribution in [0.2, 0.25) is 0 Å². The number of benzene rings is 1. The molecule has 2 aromatic rings. The third-order valence-electron chi connectivity index (χ3n) is 3.71. The Bertz CT molecular complexity index is 617. The summed E-state index contributed by atoms with van der Waals surface area (Å²) in [4.78, 5) is 18.4. The number of aromatic amines is 1. The number of nitro benzene ring substituents is 1. The molecule has 1 fully saturated rings. The van der Waals surface area contributed by atoms with Crippen molar-refractivity contribution in [3.05, 3.63) is 46.4 Å². The van der Waals surface area contributed by atoms with Gasteiger partial charge in [-0.1, -0.05) is 12.1 Å². The number of imidazole rings is 1. The third kappa shape index (κ3) is 2.42. The quantitative estimate of drug-likeness (QED) is 0.664. The van der Waals surface area contributed by atoms with Crippen LogP contribution in [0.25, 0.3) is 11.3 Å². The second kappa shape index (κ2) is 5.42. The Morgan fingerprint density at radius 2 is 2.00 bits per heavy atom. The van der Waals surface area contributed by atoms with Gasteiger partial charge in [0.15, 0.2) is 0 Å². The van der Waals surface area contributed by atoms with Crippen molar-refractivity contribution in [3.8, 4) is 11.3 Å². The minimum Gasteiger partial charge on any atom is -0.342 e. The van der Waals surface area contributed by atoms with E-state index in [0.29, 0.717) is 17.2 Å². The van der Waals surface area contributed by atoms with Gasteiger partial charge in [0.05, 0.1) is 22.4 Å². The van der Waals surface area contributed by atoms with Gasteiger partial charge in [0.1, 0.15) is 5.82 Å². The summed E-state index contributed by atoms with van der Waals surface area (Å²) in [6, 6.07) is 6.73. The molecule has 0 radical (unpaired) electrons. The molecule has 0 unspecified atom stereocenters. The summed E-state index contributed by atoms with van der Waals surface area (Å²) in [6.07, 6.45) is 3.79. The van der Waals surface area contributed by atoms with Crippen molar-refractivity contribution in [2.24, 2.45) is 0 Å². The first kappa shape index (κ1) is 12.8. The first-order valence-electron chi connectivity index (χ1n) is 6.75. The predicted octanol–water partition coefficient (Wildman–Crippen LogP) is 2.45. The molecular weight excluding hydrogens is 256 g/mol. The maximum Gasteiger partial charge on any atom is 0.278 e.